The Labute approximate surface area is 104 Å². The topological polar surface area (TPSA) is 9.23 Å². The Morgan fingerprint density at radius 2 is 1.13 bits per heavy atom. The van der Waals surface area contributed by atoms with Gasteiger partial charge in [-0.05, 0) is 23.2 Å². The molecule has 2 atom stereocenters. The van der Waals surface area contributed by atoms with Gasteiger partial charge in [0.05, 0.1) is 13.2 Å². The van der Waals surface area contributed by atoms with Crippen molar-refractivity contribution in [3.63, 3.8) is 0 Å². The first-order chi connectivity index (χ1) is 6.55. The fourth-order valence-corrected chi connectivity index (χ4v) is 0.768. The van der Waals surface area contributed by atoms with Gasteiger partial charge in [0.2, 0.25) is 0 Å². The van der Waals surface area contributed by atoms with Crippen molar-refractivity contribution >= 4 is 46.4 Å². The molecule has 1 nitrogen and oxygen atoms in total. The first kappa shape index (κ1) is 15.8. The van der Waals surface area contributed by atoms with E-state index in [1.807, 2.05) is 0 Å². The van der Waals surface area contributed by atoms with E-state index in [2.05, 4.69) is 27.9 Å². The van der Waals surface area contributed by atoms with Gasteiger partial charge in [-0.3, -0.25) is 0 Å². The van der Waals surface area contributed by atoms with Crippen molar-refractivity contribution < 1.29 is 22.3 Å². The lowest BCUT2D eigenvalue weighted by Gasteiger charge is -2.18. The van der Waals surface area contributed by atoms with Crippen molar-refractivity contribution in [2.24, 2.45) is 0 Å². The summed E-state index contributed by atoms with van der Waals surface area (Å²) in [6.07, 6.45) is 0. The quantitative estimate of drug-likeness (QED) is 0.534. The van der Waals surface area contributed by atoms with Crippen molar-refractivity contribution in [1.29, 1.82) is 0 Å². The van der Waals surface area contributed by atoms with E-state index in [4.69, 9.17) is 23.2 Å². The molecular weight excluding hydrogens is 306 g/mol. The van der Waals surface area contributed by atoms with E-state index in [9.17, 15) is 17.6 Å². The SMILES string of the molecule is FC(F)(Cl)C(Cl)COCC(Cl)C(F)(F)Cl. The molecule has 0 aliphatic carbocycles. The minimum Gasteiger partial charge on any atom is -0.378 e. The predicted octanol–water partition coefficient (Wildman–Crippen LogP) is 3.88. The van der Waals surface area contributed by atoms with E-state index >= 15 is 0 Å². The van der Waals surface area contributed by atoms with Crippen LogP contribution < -0.4 is 0 Å². The lowest BCUT2D eigenvalue weighted by Crippen LogP contribution is -2.31. The highest BCUT2D eigenvalue weighted by molar-refractivity contribution is 6.31. The highest BCUT2D eigenvalue weighted by Crippen LogP contribution is 2.30. The number of hydrogen-bond donors (Lipinski definition) is 0. The van der Waals surface area contributed by atoms with Gasteiger partial charge < -0.3 is 4.74 Å². The summed E-state index contributed by atoms with van der Waals surface area (Å²) in [5.74, 6) is 0. The van der Waals surface area contributed by atoms with Crippen molar-refractivity contribution in [3.05, 3.63) is 0 Å². The molecule has 0 fully saturated rings. The van der Waals surface area contributed by atoms with Crippen LogP contribution in [0.4, 0.5) is 17.6 Å². The Morgan fingerprint density at radius 3 is 1.33 bits per heavy atom. The third kappa shape index (κ3) is 6.89. The highest BCUT2D eigenvalue weighted by Gasteiger charge is 2.38. The van der Waals surface area contributed by atoms with Crippen LogP contribution in [0.15, 0.2) is 0 Å². The number of alkyl halides is 8. The summed E-state index contributed by atoms with van der Waals surface area (Å²) in [4.78, 5) is 0. The molecule has 0 spiro atoms. The zero-order chi connectivity index (χ0) is 12.3. The third-order valence-electron chi connectivity index (χ3n) is 1.24. The van der Waals surface area contributed by atoms with Crippen molar-refractivity contribution in [2.45, 2.75) is 21.5 Å². The van der Waals surface area contributed by atoms with Gasteiger partial charge in [-0.25, -0.2) is 0 Å². The van der Waals surface area contributed by atoms with Crippen LogP contribution in [0.2, 0.25) is 0 Å². The average Bonchev–Trinajstić information content (AvgIpc) is 2.00. The molecule has 0 aliphatic rings. The summed E-state index contributed by atoms with van der Waals surface area (Å²) >= 11 is 19.2. The molecular formula is C6H6Cl4F4O. The van der Waals surface area contributed by atoms with E-state index in [1.165, 1.54) is 0 Å². The van der Waals surface area contributed by atoms with Gasteiger partial charge in [0.15, 0.2) is 0 Å². The van der Waals surface area contributed by atoms with Crippen LogP contribution in [-0.2, 0) is 4.74 Å². The molecule has 0 aromatic carbocycles. The van der Waals surface area contributed by atoms with Gasteiger partial charge in [0, 0.05) is 0 Å². The molecule has 0 aliphatic heterocycles. The van der Waals surface area contributed by atoms with Crippen LogP contribution in [-0.4, -0.2) is 34.7 Å². The lowest BCUT2D eigenvalue weighted by molar-refractivity contribution is 0.0162. The fraction of sp³-hybridized carbons (Fsp3) is 1.00. The Kier molecular flexibility index (Phi) is 6.29. The second-order valence-corrected chi connectivity index (χ2v) is 4.62. The van der Waals surface area contributed by atoms with Gasteiger partial charge in [0.1, 0.15) is 10.8 Å². The van der Waals surface area contributed by atoms with E-state index in [1.54, 1.807) is 0 Å². The minimum absolute atomic E-state index is 0.714. The van der Waals surface area contributed by atoms with Gasteiger partial charge in [-0.15, -0.1) is 23.2 Å². The van der Waals surface area contributed by atoms with Crippen molar-refractivity contribution in [3.8, 4) is 0 Å². The Hall–Kier alpha value is 0.840. The monoisotopic (exact) mass is 310 g/mol. The third-order valence-corrected chi connectivity index (χ3v) is 2.79. The molecule has 0 radical (unpaired) electrons. The first-order valence-corrected chi connectivity index (χ1v) is 5.17. The normalized spacial score (nSPS) is 17.6. The van der Waals surface area contributed by atoms with Crippen LogP contribution in [0.25, 0.3) is 0 Å². The molecule has 0 aromatic rings. The largest absolute Gasteiger partial charge is 0.378 e. The molecule has 0 rings (SSSR count). The van der Waals surface area contributed by atoms with Crippen molar-refractivity contribution in [2.75, 3.05) is 13.2 Å². The van der Waals surface area contributed by atoms with E-state index in [-0.39, 0.29) is 0 Å². The summed E-state index contributed by atoms with van der Waals surface area (Å²) < 4.78 is 53.3. The Balaban J connectivity index is 3.81. The Morgan fingerprint density at radius 1 is 0.867 bits per heavy atom. The van der Waals surface area contributed by atoms with Crippen molar-refractivity contribution in [1.82, 2.24) is 0 Å². The summed E-state index contributed by atoms with van der Waals surface area (Å²) in [5.41, 5.74) is 0. The number of hydrogen-bond acceptors (Lipinski definition) is 1. The molecule has 0 saturated heterocycles. The molecule has 9 heteroatoms. The molecule has 0 N–H and O–H groups in total. The van der Waals surface area contributed by atoms with Gasteiger partial charge in [0.25, 0.3) is 0 Å². The van der Waals surface area contributed by atoms with Crippen LogP contribution in [0, 0.1) is 0 Å². The van der Waals surface area contributed by atoms with Gasteiger partial charge in [-0.2, -0.15) is 17.6 Å². The maximum Gasteiger partial charge on any atom is 0.340 e. The summed E-state index contributed by atoms with van der Waals surface area (Å²) in [6, 6.07) is 0. The molecule has 0 saturated carbocycles. The van der Waals surface area contributed by atoms with E-state index < -0.39 is 34.7 Å². The van der Waals surface area contributed by atoms with E-state index in [0.717, 1.165) is 0 Å². The zero-order valence-corrected chi connectivity index (χ0v) is 10.0. The highest BCUT2D eigenvalue weighted by atomic mass is 35.5. The minimum atomic E-state index is -3.67. The molecule has 2 unspecified atom stereocenters. The number of ether oxygens (including phenoxy) is 1. The van der Waals surface area contributed by atoms with Crippen LogP contribution in [0.1, 0.15) is 0 Å². The smallest absolute Gasteiger partial charge is 0.340 e. The number of halogens is 8. The van der Waals surface area contributed by atoms with Crippen LogP contribution in [0.3, 0.4) is 0 Å². The summed E-state index contributed by atoms with van der Waals surface area (Å²) in [7, 11) is 0. The second-order valence-electron chi connectivity index (χ2n) is 2.56. The van der Waals surface area contributed by atoms with Gasteiger partial charge >= 0.3 is 10.8 Å². The average molecular weight is 312 g/mol. The van der Waals surface area contributed by atoms with Crippen LogP contribution in [0.5, 0.6) is 0 Å². The first-order valence-electron chi connectivity index (χ1n) is 3.54. The zero-order valence-electron chi connectivity index (χ0n) is 7.00. The Bertz CT molecular complexity index is 173. The maximum atomic E-state index is 12.2. The molecule has 0 aromatic heterocycles. The molecule has 0 amide bonds. The second kappa shape index (κ2) is 5.96. The predicted molar refractivity (Wildman–Crippen MR) is 51.7 cm³/mol. The molecule has 92 valence electrons. The van der Waals surface area contributed by atoms with E-state index in [0.29, 0.717) is 0 Å². The molecule has 0 heterocycles. The molecule has 0 bridgehead atoms. The molecule has 15 heavy (non-hydrogen) atoms. The standard InChI is InChI=1S/C6H6Cl4F4O/c7-3(5(9,11)12)1-15-2-4(8)6(10,13)14/h3-4H,1-2H2. The van der Waals surface area contributed by atoms with Gasteiger partial charge in [-0.1, -0.05) is 0 Å². The lowest BCUT2D eigenvalue weighted by atomic mass is 10.4. The summed E-state index contributed by atoms with van der Waals surface area (Å²) in [5, 5.41) is -11.0. The fourth-order valence-electron chi connectivity index (χ4n) is 0.464. The van der Waals surface area contributed by atoms with Crippen LogP contribution >= 0.6 is 46.4 Å². The number of rotatable bonds is 6. The summed E-state index contributed by atoms with van der Waals surface area (Å²) in [6.45, 7) is -1.43. The maximum absolute atomic E-state index is 12.2.